The topological polar surface area (TPSA) is 134 Å². The van der Waals surface area contributed by atoms with Crippen molar-refractivity contribution in [3.05, 3.63) is 12.2 Å². The molecule has 8 nitrogen and oxygen atoms in total. The van der Waals surface area contributed by atoms with E-state index in [9.17, 15) is 30.0 Å². The van der Waals surface area contributed by atoms with Crippen LogP contribution in [0.3, 0.4) is 0 Å². The summed E-state index contributed by atoms with van der Waals surface area (Å²) in [6.07, 6.45) is -1.14. The Labute approximate surface area is 200 Å². The van der Waals surface area contributed by atoms with Crippen molar-refractivity contribution in [1.82, 2.24) is 0 Å². The van der Waals surface area contributed by atoms with Crippen LogP contribution < -0.4 is 0 Å². The molecule has 0 aromatic carbocycles. The number of carbonyl (C=O) groups is 2. The van der Waals surface area contributed by atoms with Crippen molar-refractivity contribution in [3.8, 4) is 0 Å². The average Bonchev–Trinajstić information content (AvgIpc) is 3.09. The summed E-state index contributed by atoms with van der Waals surface area (Å²) in [6, 6.07) is 0. The maximum atomic E-state index is 12.7. The highest BCUT2D eigenvalue weighted by Gasteiger charge is 2.61. The second-order valence-corrected chi connectivity index (χ2v) is 11.9. The Kier molecular flexibility index (Phi) is 6.00. The minimum atomic E-state index is -1.73. The molecule has 0 aromatic rings. The Morgan fingerprint density at radius 3 is 2.50 bits per heavy atom. The van der Waals surface area contributed by atoms with Crippen molar-refractivity contribution in [1.29, 1.82) is 0 Å². The number of aliphatic hydroxyl groups is 3. The van der Waals surface area contributed by atoms with Crippen LogP contribution in [0, 0.1) is 34.5 Å². The molecular formula is C26H38O8. The number of carboxylic acids is 1. The van der Waals surface area contributed by atoms with Crippen LogP contribution in [-0.4, -0.2) is 69.0 Å². The third-order valence-electron chi connectivity index (χ3n) is 10.5. The van der Waals surface area contributed by atoms with Crippen LogP contribution in [0.4, 0.5) is 0 Å². The van der Waals surface area contributed by atoms with Crippen molar-refractivity contribution >= 4 is 11.8 Å². The van der Waals surface area contributed by atoms with E-state index in [4.69, 9.17) is 9.47 Å². The van der Waals surface area contributed by atoms with E-state index in [0.29, 0.717) is 42.3 Å². The molecule has 1 heterocycles. The molecule has 1 saturated heterocycles. The SMILES string of the molecule is C=C1C[C@H](O[C@@H]2O[C@H](C(=O)O)[C@@H](O)[C@H](O)[C@H]2O)C[C@@H]2CC[C@@H]3[C@H](CC[C@]4(C)C(=O)CC[C@@H]34)[C@@]12C. The Morgan fingerprint density at radius 1 is 1.06 bits per heavy atom. The summed E-state index contributed by atoms with van der Waals surface area (Å²) in [5.41, 5.74) is 0.908. The van der Waals surface area contributed by atoms with Crippen LogP contribution in [0.15, 0.2) is 12.2 Å². The third kappa shape index (κ3) is 3.44. The molecule has 12 atom stereocenters. The second-order valence-electron chi connectivity index (χ2n) is 11.9. The summed E-state index contributed by atoms with van der Waals surface area (Å²) in [7, 11) is 0. The highest BCUT2D eigenvalue weighted by atomic mass is 16.7. The van der Waals surface area contributed by atoms with Gasteiger partial charge in [-0.2, -0.15) is 0 Å². The fourth-order valence-corrected chi connectivity index (χ4v) is 8.47. The predicted molar refractivity (Wildman–Crippen MR) is 120 cm³/mol. The lowest BCUT2D eigenvalue weighted by molar-refractivity contribution is -0.307. The Hall–Kier alpha value is -1.32. The van der Waals surface area contributed by atoms with Gasteiger partial charge in [0.15, 0.2) is 12.4 Å². The van der Waals surface area contributed by atoms with Gasteiger partial charge in [0.05, 0.1) is 6.10 Å². The maximum Gasteiger partial charge on any atom is 0.335 e. The van der Waals surface area contributed by atoms with Gasteiger partial charge in [0.25, 0.3) is 0 Å². The van der Waals surface area contributed by atoms with Gasteiger partial charge in [-0.3, -0.25) is 4.79 Å². The molecule has 8 heteroatoms. The van der Waals surface area contributed by atoms with Crippen molar-refractivity contribution in [2.45, 2.75) is 102 Å². The standard InChI is InChI=1S/C26H38O8/c1-12-10-14(33-24-21(30)19(28)20(29)22(34-24)23(31)32)11-13-4-5-15-16-6-7-18(27)25(16,2)9-8-17(15)26(12,13)3/h13-17,19-22,24,28-30H,1,4-11H2,2-3H3,(H,31,32)/t13-,14-,15-,16-,17-,19-,20-,21+,22-,24+,25-,26-/m0/s1. The number of fused-ring (bicyclic) bond motifs is 5. The molecule has 0 spiro atoms. The van der Waals surface area contributed by atoms with Gasteiger partial charge in [-0.05, 0) is 74.0 Å². The van der Waals surface area contributed by atoms with Gasteiger partial charge in [-0.25, -0.2) is 4.79 Å². The summed E-state index contributed by atoms with van der Waals surface area (Å²) < 4.78 is 11.4. The number of rotatable bonds is 3. The van der Waals surface area contributed by atoms with E-state index in [-0.39, 0.29) is 16.9 Å². The second kappa shape index (κ2) is 8.37. The molecule has 5 rings (SSSR count). The summed E-state index contributed by atoms with van der Waals surface area (Å²) in [5.74, 6) is 0.862. The molecule has 0 aromatic heterocycles. The van der Waals surface area contributed by atoms with E-state index >= 15 is 0 Å². The fraction of sp³-hybridized carbons (Fsp3) is 0.846. The molecule has 34 heavy (non-hydrogen) atoms. The molecule has 0 bridgehead atoms. The molecule has 5 aliphatic rings. The number of hydrogen-bond acceptors (Lipinski definition) is 7. The minimum Gasteiger partial charge on any atom is -0.479 e. The number of ether oxygens (including phenoxy) is 2. The molecular weight excluding hydrogens is 440 g/mol. The first-order valence-corrected chi connectivity index (χ1v) is 12.8. The smallest absolute Gasteiger partial charge is 0.335 e. The summed E-state index contributed by atoms with van der Waals surface area (Å²) in [5, 5.41) is 39.7. The van der Waals surface area contributed by atoms with Gasteiger partial charge in [-0.15, -0.1) is 0 Å². The number of carboxylic acid groups (broad SMARTS) is 1. The molecule has 1 aliphatic heterocycles. The molecule has 0 unspecified atom stereocenters. The van der Waals surface area contributed by atoms with Gasteiger partial charge in [0.1, 0.15) is 24.1 Å². The molecule has 4 aliphatic carbocycles. The predicted octanol–water partition coefficient (Wildman–Crippen LogP) is 2.04. The van der Waals surface area contributed by atoms with Gasteiger partial charge < -0.3 is 29.9 Å². The van der Waals surface area contributed by atoms with Crippen molar-refractivity contribution in [2.75, 3.05) is 0 Å². The first-order chi connectivity index (χ1) is 16.0. The Balaban J connectivity index is 1.31. The van der Waals surface area contributed by atoms with Crippen LogP contribution in [0.1, 0.15) is 65.2 Å². The minimum absolute atomic E-state index is 0.0406. The normalized spacial score (nSPS) is 53.1. The highest BCUT2D eigenvalue weighted by Crippen LogP contribution is 2.66. The van der Waals surface area contributed by atoms with E-state index in [1.807, 2.05) is 0 Å². The summed E-state index contributed by atoms with van der Waals surface area (Å²) in [4.78, 5) is 24.1. The summed E-state index contributed by atoms with van der Waals surface area (Å²) >= 11 is 0. The van der Waals surface area contributed by atoms with Crippen molar-refractivity contribution < 1.29 is 39.5 Å². The van der Waals surface area contributed by atoms with Gasteiger partial charge in [0, 0.05) is 11.8 Å². The van der Waals surface area contributed by atoms with Crippen molar-refractivity contribution in [3.63, 3.8) is 0 Å². The zero-order valence-corrected chi connectivity index (χ0v) is 20.1. The summed E-state index contributed by atoms with van der Waals surface area (Å²) in [6.45, 7) is 8.99. The Morgan fingerprint density at radius 2 is 1.79 bits per heavy atom. The third-order valence-corrected chi connectivity index (χ3v) is 10.5. The van der Waals surface area contributed by atoms with E-state index in [1.54, 1.807) is 0 Å². The quantitative estimate of drug-likeness (QED) is 0.358. The largest absolute Gasteiger partial charge is 0.479 e. The van der Waals surface area contributed by atoms with E-state index in [1.165, 1.54) is 0 Å². The fourth-order valence-electron chi connectivity index (χ4n) is 8.47. The van der Waals surface area contributed by atoms with E-state index in [2.05, 4.69) is 20.4 Å². The van der Waals surface area contributed by atoms with Crippen LogP contribution >= 0.6 is 0 Å². The molecule has 5 fully saturated rings. The van der Waals surface area contributed by atoms with Crippen LogP contribution in [0.5, 0.6) is 0 Å². The van der Waals surface area contributed by atoms with Gasteiger partial charge in [0.2, 0.25) is 0 Å². The van der Waals surface area contributed by atoms with Gasteiger partial charge in [-0.1, -0.05) is 26.0 Å². The molecule has 0 amide bonds. The number of aliphatic carboxylic acids is 1. The zero-order valence-electron chi connectivity index (χ0n) is 20.1. The van der Waals surface area contributed by atoms with Crippen molar-refractivity contribution in [2.24, 2.45) is 34.5 Å². The van der Waals surface area contributed by atoms with Gasteiger partial charge >= 0.3 is 5.97 Å². The number of carbonyl (C=O) groups excluding carboxylic acids is 1. The van der Waals surface area contributed by atoms with E-state index in [0.717, 1.165) is 44.1 Å². The van der Waals surface area contributed by atoms with E-state index < -0.39 is 36.7 Å². The van der Waals surface area contributed by atoms with Crippen LogP contribution in [0.2, 0.25) is 0 Å². The molecule has 4 saturated carbocycles. The highest BCUT2D eigenvalue weighted by molar-refractivity contribution is 5.87. The monoisotopic (exact) mass is 478 g/mol. The number of hydrogen-bond donors (Lipinski definition) is 4. The lowest BCUT2D eigenvalue weighted by atomic mass is 9.44. The average molecular weight is 479 g/mol. The number of aliphatic hydroxyl groups excluding tert-OH is 3. The molecule has 190 valence electrons. The lowest BCUT2D eigenvalue weighted by Gasteiger charge is -2.61. The molecule has 0 radical (unpaired) electrons. The first kappa shape index (κ1) is 24.4. The maximum absolute atomic E-state index is 12.7. The lowest BCUT2D eigenvalue weighted by Crippen LogP contribution is -2.61. The zero-order chi connectivity index (χ0) is 24.6. The molecule has 4 N–H and O–H groups in total. The van der Waals surface area contributed by atoms with Crippen LogP contribution in [0.25, 0.3) is 0 Å². The van der Waals surface area contributed by atoms with Crippen LogP contribution in [-0.2, 0) is 19.1 Å². The Bertz CT molecular complexity index is 873. The number of ketones is 1. The number of Topliss-reactive ketones (excluding diaryl/α,β-unsaturated/α-hetero) is 1. The first-order valence-electron chi connectivity index (χ1n) is 12.8.